The highest BCUT2D eigenvalue weighted by Crippen LogP contribution is 2.44. The van der Waals surface area contributed by atoms with E-state index in [0.29, 0.717) is 32.5 Å². The summed E-state index contributed by atoms with van der Waals surface area (Å²) in [4.78, 5) is 31.7. The SMILES string of the molecule is CC(C)(C)OC(=O)N1C2CCC1CC(c1cc(N(COCC[Si](C)(C)C)COCC[Si](C)(C)C)n3ncc(-c4ccc(-c5ncccn5)cc4)c3n1)C2. The van der Waals surface area contributed by atoms with Gasteiger partial charge in [-0.3, -0.25) is 0 Å². The van der Waals surface area contributed by atoms with Crippen LogP contribution in [0.15, 0.2) is 55.0 Å². The second-order valence-corrected chi connectivity index (χ2v) is 29.4. The zero-order valence-electron chi connectivity index (χ0n) is 33.3. The molecule has 2 bridgehead atoms. The van der Waals surface area contributed by atoms with Crippen molar-refractivity contribution in [2.24, 2.45) is 0 Å². The Balaban J connectivity index is 1.36. The third-order valence-electron chi connectivity index (χ3n) is 10.1. The van der Waals surface area contributed by atoms with E-state index in [9.17, 15) is 4.79 Å². The molecule has 2 aliphatic rings. The number of nitrogens with zero attached hydrogens (tertiary/aromatic N) is 7. The Labute approximate surface area is 317 Å². The first-order valence-electron chi connectivity index (χ1n) is 19.2. The molecule has 0 N–H and O–H groups in total. The molecule has 2 unspecified atom stereocenters. The molecule has 2 fully saturated rings. The van der Waals surface area contributed by atoms with Crippen LogP contribution in [-0.4, -0.2) is 96.1 Å². The summed E-state index contributed by atoms with van der Waals surface area (Å²) in [5.74, 6) is 1.76. The minimum Gasteiger partial charge on any atom is -0.444 e. The van der Waals surface area contributed by atoms with E-state index in [-0.39, 0.29) is 24.1 Å². The Hall–Kier alpha value is -3.66. The first kappa shape index (κ1) is 39.0. The standard InChI is InChI=1S/C40H59N7O4Si2/c1-40(2,3)51-39(48)46-32-15-16-33(46)24-31(23-32)35-25-36(45(27-49-19-21-52(4,5)6)28-50-20-22-53(7,8)9)47-38(44-35)34(26-43-47)29-11-13-30(14-12-29)37-41-17-10-18-42-37/h10-14,17-18,25-26,31-33H,15-16,19-24,27-28H2,1-9H3. The second kappa shape index (κ2) is 16.0. The summed E-state index contributed by atoms with van der Waals surface area (Å²) in [6.07, 6.45) is 8.86. The minimum atomic E-state index is -1.27. The van der Waals surface area contributed by atoms with Gasteiger partial charge in [0.25, 0.3) is 0 Å². The average molecular weight is 758 g/mol. The summed E-state index contributed by atoms with van der Waals surface area (Å²) < 4.78 is 20.6. The second-order valence-electron chi connectivity index (χ2n) is 18.2. The van der Waals surface area contributed by atoms with Gasteiger partial charge >= 0.3 is 6.09 Å². The van der Waals surface area contributed by atoms with Crippen LogP contribution in [0.4, 0.5) is 10.6 Å². The number of carbonyl (C=O) groups excluding carboxylic acids is 1. The van der Waals surface area contributed by atoms with E-state index >= 15 is 0 Å². The molecule has 0 aliphatic carbocycles. The van der Waals surface area contributed by atoms with Crippen LogP contribution < -0.4 is 4.90 Å². The number of hydrogen-bond donors (Lipinski definition) is 0. The maximum Gasteiger partial charge on any atom is 0.410 e. The fourth-order valence-corrected chi connectivity index (χ4v) is 8.67. The maximum atomic E-state index is 13.3. The average Bonchev–Trinajstić information content (AvgIpc) is 3.63. The molecule has 1 amide bonds. The molecule has 13 heteroatoms. The summed E-state index contributed by atoms with van der Waals surface area (Å²) >= 11 is 0. The lowest BCUT2D eigenvalue weighted by molar-refractivity contribution is 0.00569. The number of aromatic nitrogens is 5. The van der Waals surface area contributed by atoms with E-state index < -0.39 is 21.7 Å². The van der Waals surface area contributed by atoms with Gasteiger partial charge in [-0.15, -0.1) is 0 Å². The van der Waals surface area contributed by atoms with E-state index in [0.717, 1.165) is 71.6 Å². The van der Waals surface area contributed by atoms with Crippen molar-refractivity contribution >= 4 is 33.7 Å². The highest BCUT2D eigenvalue weighted by molar-refractivity contribution is 6.76. The quantitative estimate of drug-likeness (QED) is 0.0708. The highest BCUT2D eigenvalue weighted by Gasteiger charge is 2.45. The molecule has 0 radical (unpaired) electrons. The van der Waals surface area contributed by atoms with E-state index in [1.54, 1.807) is 12.4 Å². The van der Waals surface area contributed by atoms with Gasteiger partial charge in [-0.1, -0.05) is 63.5 Å². The molecule has 11 nitrogen and oxygen atoms in total. The Morgan fingerprint density at radius 1 is 0.868 bits per heavy atom. The van der Waals surface area contributed by atoms with Crippen LogP contribution in [0.5, 0.6) is 0 Å². The van der Waals surface area contributed by atoms with Gasteiger partial charge in [-0.05, 0) is 70.2 Å². The lowest BCUT2D eigenvalue weighted by Gasteiger charge is -2.39. The topological polar surface area (TPSA) is 107 Å². The lowest BCUT2D eigenvalue weighted by Crippen LogP contribution is -2.48. The zero-order valence-corrected chi connectivity index (χ0v) is 35.3. The van der Waals surface area contributed by atoms with Gasteiger partial charge in [0, 0.05) is 82.6 Å². The number of carbonyl (C=O) groups is 1. The summed E-state index contributed by atoms with van der Waals surface area (Å²) in [6, 6.07) is 14.7. The summed E-state index contributed by atoms with van der Waals surface area (Å²) in [5, 5.41) is 4.95. The number of benzene rings is 1. The van der Waals surface area contributed by atoms with Crippen molar-refractivity contribution in [3.8, 4) is 22.5 Å². The molecule has 4 aromatic rings. The van der Waals surface area contributed by atoms with Crippen LogP contribution in [-0.2, 0) is 14.2 Å². The van der Waals surface area contributed by atoms with Crippen molar-refractivity contribution in [1.82, 2.24) is 29.5 Å². The summed E-state index contributed by atoms with van der Waals surface area (Å²) in [6.45, 7) is 22.2. The summed E-state index contributed by atoms with van der Waals surface area (Å²) in [5.41, 5.74) is 4.18. The van der Waals surface area contributed by atoms with Crippen molar-refractivity contribution in [3.63, 3.8) is 0 Å². The van der Waals surface area contributed by atoms with Crippen LogP contribution in [0.25, 0.3) is 28.2 Å². The zero-order chi connectivity index (χ0) is 38.0. The number of anilines is 1. The van der Waals surface area contributed by atoms with Crippen molar-refractivity contribution in [1.29, 1.82) is 0 Å². The molecule has 5 heterocycles. The lowest BCUT2D eigenvalue weighted by atomic mass is 9.88. The molecule has 2 aliphatic heterocycles. The largest absolute Gasteiger partial charge is 0.444 e. The third kappa shape index (κ3) is 10.1. The normalized spacial score (nSPS) is 19.2. The van der Waals surface area contributed by atoms with E-state index in [1.807, 2.05) is 54.6 Å². The van der Waals surface area contributed by atoms with Crippen molar-refractivity contribution < 1.29 is 19.0 Å². The fraction of sp³-hybridized carbons (Fsp3) is 0.575. The summed E-state index contributed by atoms with van der Waals surface area (Å²) in [7, 11) is -2.55. The minimum absolute atomic E-state index is 0.123. The number of rotatable bonds is 14. The Morgan fingerprint density at radius 3 is 1.98 bits per heavy atom. The van der Waals surface area contributed by atoms with E-state index in [1.165, 1.54) is 0 Å². The smallest absolute Gasteiger partial charge is 0.410 e. The van der Waals surface area contributed by atoms with Gasteiger partial charge in [0.05, 0.1) is 6.20 Å². The van der Waals surface area contributed by atoms with Crippen LogP contribution in [0.2, 0.25) is 51.4 Å². The third-order valence-corrected chi connectivity index (χ3v) is 13.5. The van der Waals surface area contributed by atoms with Gasteiger partial charge in [-0.25, -0.2) is 19.7 Å². The predicted molar refractivity (Wildman–Crippen MR) is 217 cm³/mol. The molecule has 0 spiro atoms. The number of ether oxygens (including phenoxy) is 3. The molecule has 0 saturated carbocycles. The van der Waals surface area contributed by atoms with Crippen LogP contribution in [0.1, 0.15) is 58.1 Å². The molecule has 53 heavy (non-hydrogen) atoms. The van der Waals surface area contributed by atoms with Crippen molar-refractivity contribution in [3.05, 3.63) is 60.7 Å². The van der Waals surface area contributed by atoms with Gasteiger partial charge < -0.3 is 24.0 Å². The molecule has 1 aromatic carbocycles. The van der Waals surface area contributed by atoms with Crippen LogP contribution in [0, 0.1) is 0 Å². The predicted octanol–water partition coefficient (Wildman–Crippen LogP) is 8.93. The van der Waals surface area contributed by atoms with Crippen molar-refractivity contribution in [2.75, 3.05) is 31.6 Å². The molecule has 2 atom stereocenters. The number of piperidine rings is 1. The fourth-order valence-electron chi connectivity index (χ4n) is 7.16. The maximum absolute atomic E-state index is 13.3. The number of fused-ring (bicyclic) bond motifs is 3. The molecule has 3 aromatic heterocycles. The Kier molecular flexibility index (Phi) is 11.8. The van der Waals surface area contributed by atoms with Crippen molar-refractivity contribution in [2.45, 2.75) is 121 Å². The molecular formula is C40H59N7O4Si2. The molecular weight excluding hydrogens is 699 g/mol. The number of hydrogen-bond acceptors (Lipinski definition) is 9. The highest BCUT2D eigenvalue weighted by atomic mass is 28.3. The molecule has 6 rings (SSSR count). The number of amides is 1. The molecule has 286 valence electrons. The van der Waals surface area contributed by atoms with Crippen LogP contribution in [0.3, 0.4) is 0 Å². The van der Waals surface area contributed by atoms with Gasteiger partial charge in [-0.2, -0.15) is 9.61 Å². The molecule has 2 saturated heterocycles. The first-order chi connectivity index (χ1) is 25.0. The van der Waals surface area contributed by atoms with Gasteiger partial charge in [0.15, 0.2) is 11.5 Å². The first-order valence-corrected chi connectivity index (χ1v) is 26.6. The Morgan fingerprint density at radius 2 is 1.43 bits per heavy atom. The Bertz CT molecular complexity index is 1800. The van der Waals surface area contributed by atoms with Crippen LogP contribution >= 0.6 is 0 Å². The van der Waals surface area contributed by atoms with Gasteiger partial charge in [0.2, 0.25) is 0 Å². The van der Waals surface area contributed by atoms with E-state index in [4.69, 9.17) is 24.3 Å². The van der Waals surface area contributed by atoms with E-state index in [2.05, 4.69) is 72.3 Å². The monoisotopic (exact) mass is 757 g/mol. The van der Waals surface area contributed by atoms with Gasteiger partial charge in [0.1, 0.15) is 24.9 Å².